The van der Waals surface area contributed by atoms with Gasteiger partial charge in [0.1, 0.15) is 24.8 Å². The Labute approximate surface area is 151 Å². The number of aliphatic hydroxyl groups excluding tert-OH is 1. The zero-order valence-electron chi connectivity index (χ0n) is 15.4. The van der Waals surface area contributed by atoms with Crippen molar-refractivity contribution in [3.05, 3.63) is 65.2 Å². The lowest BCUT2D eigenvalue weighted by Crippen LogP contribution is -2.31. The van der Waals surface area contributed by atoms with Crippen LogP contribution in [0.5, 0.6) is 0 Å². The first-order valence-corrected chi connectivity index (χ1v) is 9.39. The van der Waals surface area contributed by atoms with Crippen LogP contribution in [-0.2, 0) is 19.3 Å². The molecular weight excluding hydrogens is 308 g/mol. The third-order valence-corrected chi connectivity index (χ3v) is 5.13. The van der Waals surface area contributed by atoms with Crippen molar-refractivity contribution in [1.29, 1.82) is 0 Å². The lowest BCUT2D eigenvalue weighted by Gasteiger charge is -2.15. The van der Waals surface area contributed by atoms with Crippen molar-refractivity contribution < 1.29 is 9.68 Å². The lowest BCUT2D eigenvalue weighted by atomic mass is 10.0. The lowest BCUT2D eigenvalue weighted by molar-refractivity contribution is -0.555. The molecule has 0 spiro atoms. The van der Waals surface area contributed by atoms with Crippen LogP contribution in [0.25, 0.3) is 0 Å². The number of aryl methyl sites for hydroxylation is 2. The van der Waals surface area contributed by atoms with E-state index in [1.807, 2.05) is 6.07 Å². The molecule has 3 heteroatoms. The standard InChI is InChI=1S/C22H29N2O/c1-3-19-11-8-12-20(4-2)22(19)24-14-13-23(17-24)21(16-25)15-18-9-6-5-7-10-18/h5-12,17,21,25H,3-4,13-16H2,1-2H3/q+1/t21-/m0/s1. The third-order valence-electron chi connectivity index (χ3n) is 5.13. The van der Waals surface area contributed by atoms with Gasteiger partial charge in [0.05, 0.1) is 6.61 Å². The molecule has 1 heterocycles. The smallest absolute Gasteiger partial charge is 0.239 e. The molecule has 0 bridgehead atoms. The van der Waals surface area contributed by atoms with E-state index < -0.39 is 0 Å². The highest BCUT2D eigenvalue weighted by atomic mass is 16.3. The van der Waals surface area contributed by atoms with E-state index in [1.165, 1.54) is 22.4 Å². The van der Waals surface area contributed by atoms with E-state index in [9.17, 15) is 5.11 Å². The summed E-state index contributed by atoms with van der Waals surface area (Å²) in [5, 5.41) is 9.93. The number of aliphatic hydroxyl groups is 1. The first kappa shape index (κ1) is 17.7. The Morgan fingerprint density at radius 3 is 2.28 bits per heavy atom. The van der Waals surface area contributed by atoms with Crippen molar-refractivity contribution in [3.63, 3.8) is 0 Å². The first-order chi connectivity index (χ1) is 12.3. The zero-order valence-corrected chi connectivity index (χ0v) is 15.4. The van der Waals surface area contributed by atoms with E-state index in [4.69, 9.17) is 0 Å². The molecule has 0 amide bonds. The van der Waals surface area contributed by atoms with E-state index in [0.717, 1.165) is 32.4 Å². The molecule has 3 rings (SSSR count). The average molecular weight is 337 g/mol. The molecule has 132 valence electrons. The largest absolute Gasteiger partial charge is 0.392 e. The molecule has 3 nitrogen and oxygen atoms in total. The molecule has 0 radical (unpaired) electrons. The van der Waals surface area contributed by atoms with Crippen LogP contribution in [0, 0.1) is 0 Å². The van der Waals surface area contributed by atoms with Gasteiger partial charge in [0.25, 0.3) is 0 Å². The van der Waals surface area contributed by atoms with Crippen molar-refractivity contribution in [2.45, 2.75) is 39.2 Å². The highest BCUT2D eigenvalue weighted by Crippen LogP contribution is 2.27. The Kier molecular flexibility index (Phi) is 5.87. The number of para-hydroxylation sites is 1. The first-order valence-electron chi connectivity index (χ1n) is 9.39. The SMILES string of the molecule is CCc1cccc(CC)c1N1C=[N+]([C@H](CO)Cc2ccccc2)CC1. The van der Waals surface area contributed by atoms with Gasteiger partial charge >= 0.3 is 0 Å². The van der Waals surface area contributed by atoms with Crippen molar-refractivity contribution in [1.82, 2.24) is 0 Å². The van der Waals surface area contributed by atoms with Crippen LogP contribution in [0.3, 0.4) is 0 Å². The fraction of sp³-hybridized carbons (Fsp3) is 0.409. The Bertz CT molecular complexity index is 702. The van der Waals surface area contributed by atoms with E-state index in [1.54, 1.807) is 0 Å². The molecule has 2 aromatic rings. The quantitative estimate of drug-likeness (QED) is 0.785. The number of nitrogens with zero attached hydrogens (tertiary/aromatic N) is 2. The van der Waals surface area contributed by atoms with Crippen molar-refractivity contribution in [2.75, 3.05) is 24.6 Å². The van der Waals surface area contributed by atoms with Crippen LogP contribution in [0.1, 0.15) is 30.5 Å². The Morgan fingerprint density at radius 1 is 1.00 bits per heavy atom. The number of hydrogen-bond acceptors (Lipinski definition) is 2. The molecule has 0 aliphatic carbocycles. The van der Waals surface area contributed by atoms with Crippen molar-refractivity contribution in [2.24, 2.45) is 0 Å². The molecule has 25 heavy (non-hydrogen) atoms. The summed E-state index contributed by atoms with van der Waals surface area (Å²) >= 11 is 0. The van der Waals surface area contributed by atoms with Gasteiger partial charge in [-0.1, -0.05) is 62.4 Å². The molecule has 0 saturated carbocycles. The summed E-state index contributed by atoms with van der Waals surface area (Å²) in [6, 6.07) is 17.2. The molecule has 0 fully saturated rings. The van der Waals surface area contributed by atoms with Gasteiger partial charge in [-0.05, 0) is 29.5 Å². The van der Waals surface area contributed by atoms with Gasteiger partial charge in [0.2, 0.25) is 6.34 Å². The predicted octanol–water partition coefficient (Wildman–Crippen LogP) is 3.28. The van der Waals surface area contributed by atoms with Gasteiger partial charge in [-0.25, -0.2) is 4.90 Å². The second kappa shape index (κ2) is 8.30. The molecule has 0 aromatic heterocycles. The minimum absolute atomic E-state index is 0.131. The highest BCUT2D eigenvalue weighted by Gasteiger charge is 2.29. The molecule has 1 atom stereocenters. The summed E-state index contributed by atoms with van der Waals surface area (Å²) in [5.41, 5.74) is 5.45. The summed E-state index contributed by atoms with van der Waals surface area (Å²) in [6.45, 7) is 6.56. The van der Waals surface area contributed by atoms with Gasteiger partial charge in [-0.3, -0.25) is 4.58 Å². The number of anilines is 1. The van der Waals surface area contributed by atoms with Gasteiger partial charge in [-0.15, -0.1) is 0 Å². The van der Waals surface area contributed by atoms with E-state index in [2.05, 4.69) is 72.1 Å². The summed E-state index contributed by atoms with van der Waals surface area (Å²) in [6.07, 6.45) is 5.18. The van der Waals surface area contributed by atoms with Crippen molar-refractivity contribution in [3.8, 4) is 0 Å². The summed E-state index contributed by atoms with van der Waals surface area (Å²) in [7, 11) is 0. The molecule has 1 aliphatic rings. The van der Waals surface area contributed by atoms with Crippen LogP contribution >= 0.6 is 0 Å². The highest BCUT2D eigenvalue weighted by molar-refractivity contribution is 5.81. The minimum Gasteiger partial charge on any atom is -0.392 e. The van der Waals surface area contributed by atoms with Crippen LogP contribution in [0.15, 0.2) is 48.5 Å². The van der Waals surface area contributed by atoms with Crippen LogP contribution in [0.4, 0.5) is 5.69 Å². The maximum atomic E-state index is 9.93. The number of hydrogen-bond donors (Lipinski definition) is 1. The third kappa shape index (κ3) is 3.93. The predicted molar refractivity (Wildman–Crippen MR) is 105 cm³/mol. The summed E-state index contributed by atoms with van der Waals surface area (Å²) in [5.74, 6) is 0. The van der Waals surface area contributed by atoms with Gasteiger partial charge < -0.3 is 5.11 Å². The minimum atomic E-state index is 0.131. The maximum absolute atomic E-state index is 9.93. The van der Waals surface area contributed by atoms with Crippen molar-refractivity contribution >= 4 is 12.0 Å². The van der Waals surface area contributed by atoms with E-state index >= 15 is 0 Å². The fourth-order valence-corrected chi connectivity index (χ4v) is 3.72. The van der Waals surface area contributed by atoms with Gasteiger partial charge in [-0.2, -0.15) is 0 Å². The van der Waals surface area contributed by atoms with E-state index in [0.29, 0.717) is 0 Å². The van der Waals surface area contributed by atoms with E-state index in [-0.39, 0.29) is 12.6 Å². The zero-order chi connectivity index (χ0) is 17.6. The average Bonchev–Trinajstić information content (AvgIpc) is 3.15. The molecule has 0 unspecified atom stereocenters. The Hall–Kier alpha value is -2.13. The summed E-state index contributed by atoms with van der Waals surface area (Å²) in [4.78, 5) is 2.38. The number of benzene rings is 2. The normalized spacial score (nSPS) is 15.3. The topological polar surface area (TPSA) is 26.5 Å². The molecular formula is C22H29N2O+. The monoisotopic (exact) mass is 337 g/mol. The second-order valence-electron chi connectivity index (χ2n) is 6.70. The van der Waals surface area contributed by atoms with Gasteiger partial charge in [0.15, 0.2) is 0 Å². The van der Waals surface area contributed by atoms with Gasteiger partial charge in [0, 0.05) is 6.42 Å². The Morgan fingerprint density at radius 2 is 1.68 bits per heavy atom. The molecule has 2 aromatic carbocycles. The maximum Gasteiger partial charge on any atom is 0.239 e. The second-order valence-corrected chi connectivity index (χ2v) is 6.70. The molecule has 1 aliphatic heterocycles. The fourth-order valence-electron chi connectivity index (χ4n) is 3.72. The summed E-state index contributed by atoms with van der Waals surface area (Å²) < 4.78 is 2.30. The Balaban J connectivity index is 1.84. The van der Waals surface area contributed by atoms with Crippen LogP contribution < -0.4 is 4.90 Å². The molecule has 1 N–H and O–H groups in total. The number of rotatable bonds is 7. The molecule has 0 saturated heterocycles. The van der Waals surface area contributed by atoms with Crippen LogP contribution in [-0.4, -0.2) is 41.8 Å². The van der Waals surface area contributed by atoms with Crippen LogP contribution in [0.2, 0.25) is 0 Å².